The Morgan fingerprint density at radius 3 is 2.75 bits per heavy atom. The molecule has 0 saturated carbocycles. The van der Waals surface area contributed by atoms with Gasteiger partial charge in [-0.25, -0.2) is 4.79 Å². The van der Waals surface area contributed by atoms with Crippen LogP contribution in [0.25, 0.3) is 0 Å². The number of carbonyl (C=O) groups excluding carboxylic acids is 1. The minimum atomic E-state index is -0.913. The maximum atomic E-state index is 12.0. The number of hydrogen-bond acceptors (Lipinski definition) is 4. The van der Waals surface area contributed by atoms with Gasteiger partial charge in [0.15, 0.2) is 0 Å². The van der Waals surface area contributed by atoms with E-state index in [-0.39, 0.29) is 18.7 Å². The Hall–Kier alpha value is -2.75. The van der Waals surface area contributed by atoms with Crippen LogP contribution < -0.4 is 10.1 Å². The van der Waals surface area contributed by atoms with Crippen molar-refractivity contribution in [2.75, 3.05) is 25.5 Å². The van der Waals surface area contributed by atoms with Crippen LogP contribution in [-0.4, -0.2) is 42.2 Å². The number of carbonyl (C=O) groups is 2. The molecule has 0 unspecified atom stereocenters. The second kappa shape index (κ2) is 5.48. The number of methoxy groups -OCH3 is 1. The molecule has 1 fully saturated rings. The Kier molecular flexibility index (Phi) is 3.75. The van der Waals surface area contributed by atoms with E-state index in [2.05, 4.69) is 5.32 Å². The third kappa shape index (κ3) is 2.49. The normalized spacial score (nSPS) is 14.1. The molecule has 104 valence electrons. The third-order valence-electron chi connectivity index (χ3n) is 3.12. The Labute approximate surface area is 115 Å². The molecule has 1 heterocycles. The highest BCUT2D eigenvalue weighted by molar-refractivity contribution is 5.94. The fourth-order valence-electron chi connectivity index (χ4n) is 1.91. The van der Waals surface area contributed by atoms with Crippen LogP contribution in [0.3, 0.4) is 0 Å². The molecule has 0 radical (unpaired) electrons. The first-order valence-electron chi connectivity index (χ1n) is 5.92. The van der Waals surface area contributed by atoms with E-state index in [1.165, 1.54) is 12.0 Å². The number of nitrogens with zero attached hydrogens (tertiary/aromatic N) is 2. The van der Waals surface area contributed by atoms with E-state index in [1.54, 1.807) is 18.2 Å². The molecule has 1 aliphatic rings. The minimum Gasteiger partial charge on any atom is -0.495 e. The van der Waals surface area contributed by atoms with E-state index >= 15 is 0 Å². The lowest BCUT2D eigenvalue weighted by Gasteiger charge is -2.36. The predicted octanol–water partition coefficient (Wildman–Crippen LogP) is 1.12. The van der Waals surface area contributed by atoms with Crippen molar-refractivity contribution in [2.45, 2.75) is 0 Å². The van der Waals surface area contributed by atoms with Crippen molar-refractivity contribution < 1.29 is 19.4 Å². The minimum absolute atomic E-state index is 0.165. The summed E-state index contributed by atoms with van der Waals surface area (Å²) < 4.78 is 5.10. The number of carboxylic acid groups (broad SMARTS) is 1. The van der Waals surface area contributed by atoms with Gasteiger partial charge in [-0.1, -0.05) is 6.07 Å². The Morgan fingerprint density at radius 1 is 1.50 bits per heavy atom. The fourth-order valence-corrected chi connectivity index (χ4v) is 1.91. The summed E-state index contributed by atoms with van der Waals surface area (Å²) in [5.41, 5.74) is 0.578. The lowest BCUT2D eigenvalue weighted by molar-refractivity contribution is -0.145. The zero-order chi connectivity index (χ0) is 14.7. The van der Waals surface area contributed by atoms with Crippen molar-refractivity contribution in [1.29, 1.82) is 5.26 Å². The van der Waals surface area contributed by atoms with Crippen molar-refractivity contribution in [1.82, 2.24) is 4.90 Å². The topological polar surface area (TPSA) is 103 Å². The summed E-state index contributed by atoms with van der Waals surface area (Å²) in [7, 11) is 1.44. The summed E-state index contributed by atoms with van der Waals surface area (Å²) in [6.45, 7) is 0.330. The van der Waals surface area contributed by atoms with Crippen LogP contribution >= 0.6 is 0 Å². The molecule has 0 bridgehead atoms. The quantitative estimate of drug-likeness (QED) is 0.860. The maximum absolute atomic E-state index is 12.0. The lowest BCUT2D eigenvalue weighted by atomic mass is 10.0. The molecule has 1 aromatic rings. The van der Waals surface area contributed by atoms with Crippen LogP contribution in [0.1, 0.15) is 5.56 Å². The molecule has 1 aliphatic heterocycles. The molecule has 0 aliphatic carbocycles. The van der Waals surface area contributed by atoms with E-state index in [4.69, 9.17) is 15.1 Å². The van der Waals surface area contributed by atoms with Gasteiger partial charge >= 0.3 is 12.0 Å². The van der Waals surface area contributed by atoms with Gasteiger partial charge < -0.3 is 20.1 Å². The van der Waals surface area contributed by atoms with Crippen LogP contribution in [-0.2, 0) is 4.79 Å². The van der Waals surface area contributed by atoms with Crippen LogP contribution in [0.5, 0.6) is 5.75 Å². The van der Waals surface area contributed by atoms with Crippen molar-refractivity contribution in [2.24, 2.45) is 5.92 Å². The molecule has 2 N–H and O–H groups in total. The predicted molar refractivity (Wildman–Crippen MR) is 69.4 cm³/mol. The molecule has 7 heteroatoms. The highest BCUT2D eigenvalue weighted by atomic mass is 16.5. The van der Waals surface area contributed by atoms with Crippen molar-refractivity contribution in [3.63, 3.8) is 0 Å². The Balaban J connectivity index is 2.09. The van der Waals surface area contributed by atoms with Crippen LogP contribution in [0, 0.1) is 17.2 Å². The SMILES string of the molecule is COc1cccc(C#N)c1NC(=O)N1CC(C(=O)O)C1. The number of nitriles is 1. The number of urea groups is 1. The maximum Gasteiger partial charge on any atom is 0.322 e. The van der Waals surface area contributed by atoms with Gasteiger partial charge in [-0.15, -0.1) is 0 Å². The lowest BCUT2D eigenvalue weighted by Crippen LogP contribution is -2.54. The summed E-state index contributed by atoms with van der Waals surface area (Å²) in [6, 6.07) is 6.37. The van der Waals surface area contributed by atoms with E-state index < -0.39 is 17.9 Å². The number of ether oxygens (including phenoxy) is 1. The first-order chi connectivity index (χ1) is 9.56. The van der Waals surface area contributed by atoms with E-state index in [1.807, 2.05) is 6.07 Å². The zero-order valence-corrected chi connectivity index (χ0v) is 10.8. The van der Waals surface area contributed by atoms with Gasteiger partial charge in [0.25, 0.3) is 0 Å². The summed E-state index contributed by atoms with van der Waals surface area (Å²) in [5.74, 6) is -1.05. The molecule has 2 amide bonds. The molecule has 0 aromatic heterocycles. The number of likely N-dealkylation sites (tertiary alicyclic amines) is 1. The van der Waals surface area contributed by atoms with Crippen LogP contribution in [0.15, 0.2) is 18.2 Å². The summed E-state index contributed by atoms with van der Waals surface area (Å²) in [4.78, 5) is 24.0. The second-order valence-corrected chi connectivity index (χ2v) is 4.36. The van der Waals surface area contributed by atoms with Crippen LogP contribution in [0.2, 0.25) is 0 Å². The van der Waals surface area contributed by atoms with Gasteiger partial charge in [0, 0.05) is 13.1 Å². The average Bonchev–Trinajstić information content (AvgIpc) is 2.36. The van der Waals surface area contributed by atoms with Gasteiger partial charge in [-0.05, 0) is 12.1 Å². The fraction of sp³-hybridized carbons (Fsp3) is 0.308. The molecule has 1 aromatic carbocycles. The number of anilines is 1. The number of hydrogen-bond donors (Lipinski definition) is 2. The van der Waals surface area contributed by atoms with Crippen molar-refractivity contribution >= 4 is 17.7 Å². The number of rotatable bonds is 3. The van der Waals surface area contributed by atoms with Crippen molar-refractivity contribution in [3.05, 3.63) is 23.8 Å². The molecule has 7 nitrogen and oxygen atoms in total. The van der Waals surface area contributed by atoms with Gasteiger partial charge in [-0.2, -0.15) is 5.26 Å². The van der Waals surface area contributed by atoms with E-state index in [0.29, 0.717) is 11.4 Å². The molecule has 2 rings (SSSR count). The Morgan fingerprint density at radius 2 is 2.20 bits per heavy atom. The number of aliphatic carboxylic acids is 1. The largest absolute Gasteiger partial charge is 0.495 e. The van der Waals surface area contributed by atoms with Gasteiger partial charge in [0.2, 0.25) is 0 Å². The van der Waals surface area contributed by atoms with E-state index in [9.17, 15) is 9.59 Å². The average molecular weight is 275 g/mol. The standard InChI is InChI=1S/C13H13N3O4/c1-20-10-4-2-3-8(5-14)11(10)15-13(19)16-6-9(7-16)12(17)18/h2-4,9H,6-7H2,1H3,(H,15,19)(H,17,18). The summed E-state index contributed by atoms with van der Waals surface area (Å²) in [6.07, 6.45) is 0. The van der Waals surface area contributed by atoms with Crippen LogP contribution in [0.4, 0.5) is 10.5 Å². The van der Waals surface area contributed by atoms with Gasteiger partial charge in [0.05, 0.1) is 18.6 Å². The molecule has 0 atom stereocenters. The van der Waals surface area contributed by atoms with Gasteiger partial charge in [0.1, 0.15) is 17.5 Å². The van der Waals surface area contributed by atoms with Crippen molar-refractivity contribution in [3.8, 4) is 11.8 Å². The summed E-state index contributed by atoms with van der Waals surface area (Å²) in [5, 5.41) is 20.4. The molecule has 1 saturated heterocycles. The smallest absolute Gasteiger partial charge is 0.322 e. The third-order valence-corrected chi connectivity index (χ3v) is 3.12. The number of carboxylic acids is 1. The highest BCUT2D eigenvalue weighted by Crippen LogP contribution is 2.28. The number of nitrogens with one attached hydrogen (secondary N) is 1. The van der Waals surface area contributed by atoms with Gasteiger partial charge in [-0.3, -0.25) is 4.79 Å². The molecular formula is C13H13N3O4. The van der Waals surface area contributed by atoms with E-state index in [0.717, 1.165) is 0 Å². The Bertz CT molecular complexity index is 588. The number of para-hydroxylation sites is 1. The number of benzene rings is 1. The molecule has 20 heavy (non-hydrogen) atoms. The molecular weight excluding hydrogens is 262 g/mol. The first kappa shape index (κ1) is 13.7. The highest BCUT2D eigenvalue weighted by Gasteiger charge is 2.36. The monoisotopic (exact) mass is 275 g/mol. The summed E-state index contributed by atoms with van der Waals surface area (Å²) >= 11 is 0. The second-order valence-electron chi connectivity index (χ2n) is 4.36. The zero-order valence-electron chi connectivity index (χ0n) is 10.8. The number of amides is 2. The first-order valence-corrected chi connectivity index (χ1v) is 5.92. The molecule has 0 spiro atoms.